The summed E-state index contributed by atoms with van der Waals surface area (Å²) < 4.78 is 0. The smallest absolute Gasteiger partial charge is 0.0945 e. The Hall–Kier alpha value is -2.29. The molecule has 0 saturated heterocycles. The zero-order valence-corrected chi connectivity index (χ0v) is 16.2. The Morgan fingerprint density at radius 2 is 1.65 bits per heavy atom. The summed E-state index contributed by atoms with van der Waals surface area (Å²) in [7, 11) is 0. The van der Waals surface area contributed by atoms with Crippen LogP contribution in [0, 0.1) is 20.8 Å². The van der Waals surface area contributed by atoms with Gasteiger partial charge in [-0.15, -0.1) is 0 Å². The van der Waals surface area contributed by atoms with Gasteiger partial charge in [-0.05, 0) is 56.4 Å². The van der Waals surface area contributed by atoms with Crippen molar-refractivity contribution < 1.29 is 0 Å². The Bertz CT molecular complexity index is 798. The molecule has 1 aliphatic carbocycles. The first-order chi connectivity index (χ1) is 12.6. The van der Waals surface area contributed by atoms with Gasteiger partial charge in [-0.3, -0.25) is 4.98 Å². The van der Waals surface area contributed by atoms with Gasteiger partial charge in [-0.25, -0.2) is 0 Å². The molecule has 3 nitrogen and oxygen atoms in total. The highest BCUT2D eigenvalue weighted by Gasteiger charge is 2.24. The molecule has 0 atom stereocenters. The van der Waals surface area contributed by atoms with Crippen LogP contribution in [0.25, 0.3) is 11.3 Å². The van der Waals surface area contributed by atoms with Gasteiger partial charge in [0.2, 0.25) is 0 Å². The van der Waals surface area contributed by atoms with Crippen LogP contribution in [-0.2, 0) is 0 Å². The first kappa shape index (κ1) is 17.1. The van der Waals surface area contributed by atoms with Crippen LogP contribution in [0.1, 0.15) is 48.8 Å². The average molecular weight is 348 g/mol. The number of pyridine rings is 1. The Labute approximate surface area is 157 Å². The summed E-state index contributed by atoms with van der Waals surface area (Å²) in [6, 6.07) is 9.40. The van der Waals surface area contributed by atoms with E-state index in [0.717, 1.165) is 12.4 Å². The minimum atomic E-state index is 0.715. The van der Waals surface area contributed by atoms with Gasteiger partial charge in [-0.2, -0.15) is 0 Å². The molecule has 1 aromatic heterocycles. The standard InChI is InChI=1S/C23H29N3/c1-17-8-7-9-18(2)23(17)21-14-19(3)22(15-24-21)26-13-12-25(16-26)20-10-5-4-6-11-20/h7-9,12-15,20H,4-6,10-11,16H2,1-3H3. The largest absolute Gasteiger partial charge is 0.355 e. The molecule has 0 spiro atoms. The third-order valence-electron chi connectivity index (χ3n) is 5.93. The van der Waals surface area contributed by atoms with Crippen LogP contribution in [0.5, 0.6) is 0 Å². The Morgan fingerprint density at radius 3 is 2.35 bits per heavy atom. The highest BCUT2D eigenvalue weighted by atomic mass is 15.4. The second-order valence-electron chi connectivity index (χ2n) is 7.84. The molecular weight excluding hydrogens is 318 g/mol. The molecule has 0 amide bonds. The van der Waals surface area contributed by atoms with E-state index in [9.17, 15) is 0 Å². The topological polar surface area (TPSA) is 19.4 Å². The molecule has 2 aromatic rings. The number of hydrogen-bond donors (Lipinski definition) is 0. The quantitative estimate of drug-likeness (QED) is 0.725. The fraction of sp³-hybridized carbons (Fsp3) is 0.435. The van der Waals surface area contributed by atoms with Gasteiger partial charge >= 0.3 is 0 Å². The Morgan fingerprint density at radius 1 is 0.923 bits per heavy atom. The van der Waals surface area contributed by atoms with Crippen LogP contribution in [0.2, 0.25) is 0 Å². The predicted octanol–water partition coefficient (Wildman–Crippen LogP) is 5.56. The summed E-state index contributed by atoms with van der Waals surface area (Å²) in [5.74, 6) is 0. The van der Waals surface area contributed by atoms with E-state index in [1.165, 1.54) is 60.0 Å². The number of anilines is 1. The van der Waals surface area contributed by atoms with Crippen molar-refractivity contribution in [1.29, 1.82) is 0 Å². The minimum Gasteiger partial charge on any atom is -0.355 e. The van der Waals surface area contributed by atoms with Crippen molar-refractivity contribution in [3.8, 4) is 11.3 Å². The molecule has 0 unspecified atom stereocenters. The van der Waals surface area contributed by atoms with Crippen molar-refractivity contribution in [2.75, 3.05) is 11.6 Å². The first-order valence-corrected chi connectivity index (χ1v) is 9.87. The zero-order chi connectivity index (χ0) is 18.1. The summed E-state index contributed by atoms with van der Waals surface area (Å²) in [6.45, 7) is 7.48. The molecule has 136 valence electrons. The van der Waals surface area contributed by atoms with Crippen molar-refractivity contribution in [3.05, 3.63) is 59.6 Å². The van der Waals surface area contributed by atoms with Crippen molar-refractivity contribution in [3.63, 3.8) is 0 Å². The average Bonchev–Trinajstić information content (AvgIpc) is 3.12. The molecule has 26 heavy (non-hydrogen) atoms. The van der Waals surface area contributed by atoms with Crippen LogP contribution < -0.4 is 4.90 Å². The van der Waals surface area contributed by atoms with Crippen LogP contribution >= 0.6 is 0 Å². The Kier molecular flexibility index (Phi) is 4.71. The minimum absolute atomic E-state index is 0.715. The van der Waals surface area contributed by atoms with E-state index in [0.29, 0.717) is 6.04 Å². The van der Waals surface area contributed by atoms with Gasteiger partial charge in [0.05, 0.1) is 24.2 Å². The van der Waals surface area contributed by atoms with Crippen molar-refractivity contribution in [2.45, 2.75) is 58.9 Å². The van der Waals surface area contributed by atoms with E-state index >= 15 is 0 Å². The van der Waals surface area contributed by atoms with Crippen LogP contribution in [0.15, 0.2) is 42.9 Å². The number of benzene rings is 1. The highest BCUT2D eigenvalue weighted by Crippen LogP contribution is 2.32. The lowest BCUT2D eigenvalue weighted by atomic mass is 9.95. The number of nitrogens with zero attached hydrogens (tertiary/aromatic N) is 3. The molecular formula is C23H29N3. The van der Waals surface area contributed by atoms with Gasteiger partial charge < -0.3 is 9.80 Å². The fourth-order valence-electron chi connectivity index (χ4n) is 4.45. The van der Waals surface area contributed by atoms with Crippen molar-refractivity contribution >= 4 is 5.69 Å². The van der Waals surface area contributed by atoms with E-state index in [4.69, 9.17) is 4.98 Å². The summed E-state index contributed by atoms with van der Waals surface area (Å²) in [6.07, 6.45) is 13.4. The Balaban J connectivity index is 1.55. The number of aromatic nitrogens is 1. The van der Waals surface area contributed by atoms with Gasteiger partial charge in [0.25, 0.3) is 0 Å². The monoisotopic (exact) mass is 347 g/mol. The molecule has 2 aliphatic rings. The van der Waals surface area contributed by atoms with E-state index < -0.39 is 0 Å². The van der Waals surface area contributed by atoms with Crippen LogP contribution in [0.3, 0.4) is 0 Å². The second kappa shape index (κ2) is 7.14. The van der Waals surface area contributed by atoms with Crippen LogP contribution in [-0.4, -0.2) is 22.6 Å². The molecule has 0 bridgehead atoms. The number of rotatable bonds is 3. The predicted molar refractivity (Wildman–Crippen MR) is 109 cm³/mol. The van der Waals surface area contributed by atoms with E-state index in [-0.39, 0.29) is 0 Å². The maximum atomic E-state index is 4.82. The molecule has 1 aliphatic heterocycles. The summed E-state index contributed by atoms with van der Waals surface area (Å²) in [5, 5.41) is 0. The molecule has 1 fully saturated rings. The summed E-state index contributed by atoms with van der Waals surface area (Å²) in [5.41, 5.74) is 7.42. The molecule has 4 rings (SSSR count). The third-order valence-corrected chi connectivity index (χ3v) is 5.93. The normalized spacial score (nSPS) is 18.0. The first-order valence-electron chi connectivity index (χ1n) is 9.87. The molecule has 0 radical (unpaired) electrons. The maximum Gasteiger partial charge on any atom is 0.0945 e. The molecule has 0 N–H and O–H groups in total. The lowest BCUT2D eigenvalue weighted by Crippen LogP contribution is -2.35. The van der Waals surface area contributed by atoms with E-state index in [1.807, 2.05) is 6.20 Å². The van der Waals surface area contributed by atoms with Gasteiger partial charge in [0.15, 0.2) is 0 Å². The molecule has 2 heterocycles. The van der Waals surface area contributed by atoms with Crippen molar-refractivity contribution in [2.24, 2.45) is 0 Å². The van der Waals surface area contributed by atoms with E-state index in [1.54, 1.807) is 0 Å². The fourth-order valence-corrected chi connectivity index (χ4v) is 4.45. The number of aryl methyl sites for hydroxylation is 3. The summed E-state index contributed by atoms with van der Waals surface area (Å²) in [4.78, 5) is 9.67. The number of hydrogen-bond acceptors (Lipinski definition) is 3. The highest BCUT2D eigenvalue weighted by molar-refractivity contribution is 5.70. The third kappa shape index (κ3) is 3.23. The van der Waals surface area contributed by atoms with Gasteiger partial charge in [0.1, 0.15) is 0 Å². The van der Waals surface area contributed by atoms with Gasteiger partial charge in [-0.1, -0.05) is 37.5 Å². The SMILES string of the molecule is Cc1cc(-c2c(C)cccc2C)ncc1N1C=CN(C2CCCCC2)C1. The second-order valence-corrected chi connectivity index (χ2v) is 7.84. The lowest BCUT2D eigenvalue weighted by Gasteiger charge is -2.32. The molecule has 1 saturated carbocycles. The zero-order valence-electron chi connectivity index (χ0n) is 16.2. The van der Waals surface area contributed by atoms with Crippen molar-refractivity contribution in [1.82, 2.24) is 9.88 Å². The molecule has 3 heteroatoms. The maximum absolute atomic E-state index is 4.82. The molecule has 1 aromatic carbocycles. The van der Waals surface area contributed by atoms with Crippen LogP contribution in [0.4, 0.5) is 5.69 Å². The van der Waals surface area contributed by atoms with Gasteiger partial charge in [0, 0.05) is 24.0 Å². The lowest BCUT2D eigenvalue weighted by molar-refractivity contribution is 0.232. The van der Waals surface area contributed by atoms with E-state index in [2.05, 4.69) is 67.2 Å². The summed E-state index contributed by atoms with van der Waals surface area (Å²) >= 11 is 0.